The summed E-state index contributed by atoms with van der Waals surface area (Å²) in [4.78, 5) is 6.53. The molecule has 21 heavy (non-hydrogen) atoms. The standard InChI is InChI=1S/C17H13N3O/c18-12-8-9-15-14(11-12)20(13-5-2-1-3-6-13)17-16(21-15)7-4-10-19-17/h1-11H,18H2. The fourth-order valence-corrected chi connectivity index (χ4v) is 2.50. The van der Waals surface area contributed by atoms with Crippen LogP contribution in [0.15, 0.2) is 66.9 Å². The topological polar surface area (TPSA) is 51.4 Å². The maximum absolute atomic E-state index is 5.94. The summed E-state index contributed by atoms with van der Waals surface area (Å²) in [5, 5.41) is 0. The number of benzene rings is 2. The van der Waals surface area contributed by atoms with E-state index in [9.17, 15) is 0 Å². The molecule has 0 unspecified atom stereocenters. The Morgan fingerprint density at radius 1 is 0.905 bits per heavy atom. The van der Waals surface area contributed by atoms with Gasteiger partial charge >= 0.3 is 0 Å². The van der Waals surface area contributed by atoms with Gasteiger partial charge < -0.3 is 10.5 Å². The van der Waals surface area contributed by atoms with Gasteiger partial charge in [-0.15, -0.1) is 0 Å². The van der Waals surface area contributed by atoms with Crippen LogP contribution in [-0.2, 0) is 0 Å². The second-order valence-electron chi connectivity index (χ2n) is 4.83. The SMILES string of the molecule is Nc1ccc2c(c1)N(c1ccccc1)c1ncccc1O2. The number of ether oxygens (including phenoxy) is 1. The summed E-state index contributed by atoms with van der Waals surface area (Å²) in [6.07, 6.45) is 1.76. The molecular weight excluding hydrogens is 262 g/mol. The van der Waals surface area contributed by atoms with Gasteiger partial charge in [0.05, 0.1) is 5.69 Å². The van der Waals surface area contributed by atoms with Crippen LogP contribution in [0.2, 0.25) is 0 Å². The van der Waals surface area contributed by atoms with Gasteiger partial charge in [0.1, 0.15) is 0 Å². The lowest BCUT2D eigenvalue weighted by molar-refractivity contribution is 0.474. The number of hydrogen-bond acceptors (Lipinski definition) is 4. The third-order valence-electron chi connectivity index (χ3n) is 3.42. The molecule has 4 nitrogen and oxygen atoms in total. The van der Waals surface area contributed by atoms with Crippen LogP contribution in [0.3, 0.4) is 0 Å². The fraction of sp³-hybridized carbons (Fsp3) is 0. The Labute approximate surface area is 122 Å². The van der Waals surface area contributed by atoms with Crippen LogP contribution in [0.4, 0.5) is 22.9 Å². The molecule has 3 aromatic rings. The molecule has 0 amide bonds. The molecule has 102 valence electrons. The molecule has 0 atom stereocenters. The van der Waals surface area contributed by atoms with E-state index in [0.29, 0.717) is 5.69 Å². The summed E-state index contributed by atoms with van der Waals surface area (Å²) in [6.45, 7) is 0. The van der Waals surface area contributed by atoms with Gasteiger partial charge in [0.15, 0.2) is 17.3 Å². The molecule has 2 N–H and O–H groups in total. The van der Waals surface area contributed by atoms with Crippen LogP contribution in [-0.4, -0.2) is 4.98 Å². The average molecular weight is 275 g/mol. The second kappa shape index (κ2) is 4.52. The number of nitrogens with two attached hydrogens (primary N) is 1. The lowest BCUT2D eigenvalue weighted by Crippen LogP contribution is -2.17. The van der Waals surface area contributed by atoms with E-state index in [1.807, 2.05) is 60.7 Å². The van der Waals surface area contributed by atoms with Gasteiger partial charge in [0, 0.05) is 17.6 Å². The van der Waals surface area contributed by atoms with E-state index in [1.165, 1.54) is 0 Å². The molecule has 2 aromatic carbocycles. The highest BCUT2D eigenvalue weighted by molar-refractivity contribution is 5.85. The maximum Gasteiger partial charge on any atom is 0.181 e. The molecule has 4 rings (SSSR count). The van der Waals surface area contributed by atoms with E-state index in [1.54, 1.807) is 6.20 Å². The Balaban J connectivity index is 1.98. The van der Waals surface area contributed by atoms with Gasteiger partial charge in [-0.1, -0.05) is 18.2 Å². The predicted molar refractivity (Wildman–Crippen MR) is 83.4 cm³/mol. The van der Waals surface area contributed by atoms with Crippen LogP contribution in [0.5, 0.6) is 11.5 Å². The van der Waals surface area contributed by atoms with Gasteiger partial charge in [0.2, 0.25) is 0 Å². The zero-order chi connectivity index (χ0) is 14.2. The van der Waals surface area contributed by atoms with Crippen LogP contribution in [0.1, 0.15) is 0 Å². The summed E-state index contributed by atoms with van der Waals surface area (Å²) < 4.78 is 5.92. The first-order valence-corrected chi connectivity index (χ1v) is 6.70. The monoisotopic (exact) mass is 275 g/mol. The number of pyridine rings is 1. The quantitative estimate of drug-likeness (QED) is 0.528. The van der Waals surface area contributed by atoms with Crippen molar-refractivity contribution in [2.45, 2.75) is 0 Å². The Bertz CT molecular complexity index is 802. The van der Waals surface area contributed by atoms with Crippen LogP contribution < -0.4 is 15.4 Å². The predicted octanol–water partition coefficient (Wildman–Crippen LogP) is 4.24. The van der Waals surface area contributed by atoms with E-state index in [0.717, 1.165) is 28.7 Å². The van der Waals surface area contributed by atoms with Gasteiger partial charge in [0.25, 0.3) is 0 Å². The summed E-state index contributed by atoms with van der Waals surface area (Å²) in [5.74, 6) is 2.27. The minimum atomic E-state index is 0.692. The third-order valence-corrected chi connectivity index (χ3v) is 3.42. The highest BCUT2D eigenvalue weighted by atomic mass is 16.5. The molecule has 1 aromatic heterocycles. The van der Waals surface area contributed by atoms with Crippen molar-refractivity contribution in [3.05, 3.63) is 66.9 Å². The number of rotatable bonds is 1. The van der Waals surface area contributed by atoms with E-state index in [2.05, 4.69) is 9.88 Å². The van der Waals surface area contributed by atoms with Crippen molar-refractivity contribution in [2.75, 3.05) is 10.6 Å². The first-order chi connectivity index (χ1) is 10.3. The molecule has 0 bridgehead atoms. The van der Waals surface area contributed by atoms with Gasteiger partial charge in [-0.25, -0.2) is 4.98 Å². The van der Waals surface area contributed by atoms with Crippen molar-refractivity contribution in [3.8, 4) is 11.5 Å². The molecule has 0 saturated heterocycles. The van der Waals surface area contributed by atoms with E-state index in [4.69, 9.17) is 10.5 Å². The zero-order valence-corrected chi connectivity index (χ0v) is 11.2. The van der Waals surface area contributed by atoms with Gasteiger partial charge in [-0.2, -0.15) is 0 Å². The molecular formula is C17H13N3O. The van der Waals surface area contributed by atoms with E-state index < -0.39 is 0 Å². The zero-order valence-electron chi connectivity index (χ0n) is 11.2. The van der Waals surface area contributed by atoms with E-state index in [-0.39, 0.29) is 0 Å². The summed E-state index contributed by atoms with van der Waals surface area (Å²) in [6, 6.07) is 19.5. The third kappa shape index (κ3) is 1.89. The Morgan fingerprint density at radius 3 is 2.62 bits per heavy atom. The van der Waals surface area contributed by atoms with Crippen LogP contribution in [0.25, 0.3) is 0 Å². The summed E-state index contributed by atoms with van der Waals surface area (Å²) >= 11 is 0. The lowest BCUT2D eigenvalue weighted by Gasteiger charge is -2.31. The summed E-state index contributed by atoms with van der Waals surface area (Å²) in [5.41, 5.74) is 8.55. The minimum Gasteiger partial charge on any atom is -0.451 e. The first-order valence-electron chi connectivity index (χ1n) is 6.70. The largest absolute Gasteiger partial charge is 0.451 e. The van der Waals surface area contributed by atoms with Gasteiger partial charge in [-0.05, 0) is 42.5 Å². The normalized spacial score (nSPS) is 12.3. The lowest BCUT2D eigenvalue weighted by atomic mass is 10.1. The Kier molecular flexibility index (Phi) is 2.54. The maximum atomic E-state index is 5.94. The molecule has 4 heteroatoms. The molecule has 0 fully saturated rings. The highest BCUT2D eigenvalue weighted by Crippen LogP contribution is 2.49. The highest BCUT2D eigenvalue weighted by Gasteiger charge is 2.26. The van der Waals surface area contributed by atoms with Crippen molar-refractivity contribution in [3.63, 3.8) is 0 Å². The molecule has 1 aliphatic rings. The molecule has 0 spiro atoms. The number of fused-ring (bicyclic) bond motifs is 2. The van der Waals surface area contributed by atoms with Crippen molar-refractivity contribution < 1.29 is 4.74 Å². The Morgan fingerprint density at radius 2 is 1.76 bits per heavy atom. The van der Waals surface area contributed by atoms with E-state index >= 15 is 0 Å². The average Bonchev–Trinajstić information content (AvgIpc) is 2.53. The van der Waals surface area contributed by atoms with Crippen molar-refractivity contribution in [2.24, 2.45) is 0 Å². The Hall–Kier alpha value is -3.01. The smallest absolute Gasteiger partial charge is 0.181 e. The fourth-order valence-electron chi connectivity index (χ4n) is 2.50. The van der Waals surface area contributed by atoms with Crippen LogP contribution in [0, 0.1) is 0 Å². The molecule has 0 radical (unpaired) electrons. The van der Waals surface area contributed by atoms with Crippen LogP contribution >= 0.6 is 0 Å². The molecule has 0 aliphatic carbocycles. The van der Waals surface area contributed by atoms with Crippen molar-refractivity contribution >= 4 is 22.9 Å². The second-order valence-corrected chi connectivity index (χ2v) is 4.83. The van der Waals surface area contributed by atoms with Gasteiger partial charge in [-0.3, -0.25) is 4.90 Å². The van der Waals surface area contributed by atoms with Crippen molar-refractivity contribution in [1.29, 1.82) is 0 Å². The number of anilines is 4. The number of aromatic nitrogens is 1. The minimum absolute atomic E-state index is 0.692. The first kappa shape index (κ1) is 11.8. The summed E-state index contributed by atoms with van der Waals surface area (Å²) in [7, 11) is 0. The molecule has 1 aliphatic heterocycles. The number of nitrogen functional groups attached to an aromatic ring is 1. The number of hydrogen-bond donors (Lipinski definition) is 1. The van der Waals surface area contributed by atoms with Crippen molar-refractivity contribution in [1.82, 2.24) is 4.98 Å². The number of para-hydroxylation sites is 1. The molecule has 2 heterocycles. The molecule has 0 saturated carbocycles. The number of nitrogens with zero attached hydrogens (tertiary/aromatic N) is 2.